The van der Waals surface area contributed by atoms with Crippen LogP contribution in [0.15, 0.2) is 18.6 Å². The molecular formula is C16H23N3O2S. The predicted molar refractivity (Wildman–Crippen MR) is 87.0 cm³/mol. The van der Waals surface area contributed by atoms with Crippen molar-refractivity contribution >= 4 is 17.7 Å². The van der Waals surface area contributed by atoms with Crippen molar-refractivity contribution < 1.29 is 9.53 Å². The number of thioether (sulfide) groups is 1. The highest BCUT2D eigenvalue weighted by atomic mass is 32.2. The van der Waals surface area contributed by atoms with Gasteiger partial charge in [-0.25, -0.2) is 9.97 Å². The molecule has 1 saturated heterocycles. The maximum absolute atomic E-state index is 12.4. The molecule has 0 radical (unpaired) electrons. The van der Waals surface area contributed by atoms with E-state index in [-0.39, 0.29) is 12.0 Å². The first-order chi connectivity index (χ1) is 10.8. The highest BCUT2D eigenvalue weighted by molar-refractivity contribution is 8.00. The molecule has 1 amide bonds. The van der Waals surface area contributed by atoms with Crippen molar-refractivity contribution in [2.24, 2.45) is 0 Å². The molecule has 1 aromatic rings. The van der Waals surface area contributed by atoms with Crippen LogP contribution in [0.5, 0.6) is 5.88 Å². The summed E-state index contributed by atoms with van der Waals surface area (Å²) in [6, 6.07) is 1.76. The Morgan fingerprint density at radius 3 is 2.95 bits per heavy atom. The summed E-state index contributed by atoms with van der Waals surface area (Å²) in [5.74, 6) is 1.47. The summed E-state index contributed by atoms with van der Waals surface area (Å²) >= 11 is 1.84. The zero-order valence-corrected chi connectivity index (χ0v) is 13.6. The van der Waals surface area contributed by atoms with Gasteiger partial charge < -0.3 is 9.64 Å². The van der Waals surface area contributed by atoms with Gasteiger partial charge in [0.05, 0.1) is 12.3 Å². The average molecular weight is 321 g/mol. The smallest absolute Gasteiger partial charge is 0.232 e. The first-order valence-electron chi connectivity index (χ1n) is 8.13. The van der Waals surface area contributed by atoms with E-state index in [0.29, 0.717) is 23.4 Å². The Morgan fingerprint density at radius 2 is 2.18 bits per heavy atom. The quantitative estimate of drug-likeness (QED) is 0.834. The lowest BCUT2D eigenvalue weighted by molar-refractivity contribution is -0.130. The summed E-state index contributed by atoms with van der Waals surface area (Å²) in [4.78, 5) is 22.3. The lowest BCUT2D eigenvalue weighted by Gasteiger charge is -2.32. The number of hydrogen-bond acceptors (Lipinski definition) is 5. The van der Waals surface area contributed by atoms with Gasteiger partial charge in [0.1, 0.15) is 12.4 Å². The van der Waals surface area contributed by atoms with Crippen LogP contribution in [-0.2, 0) is 4.79 Å². The standard InChI is InChI=1S/C16H23N3O2S/c20-16(11-22-14-5-1-2-6-14)19-9-3-4-13(10-19)21-15-7-8-17-12-18-15/h7-8,12-14H,1-6,9-11H2. The molecule has 6 heteroatoms. The molecule has 1 unspecified atom stereocenters. The molecule has 1 aliphatic heterocycles. The molecule has 2 fully saturated rings. The Bertz CT molecular complexity index is 480. The molecule has 2 aliphatic rings. The molecule has 3 rings (SSSR count). The van der Waals surface area contributed by atoms with Gasteiger partial charge in [-0.2, -0.15) is 0 Å². The number of ether oxygens (including phenoxy) is 1. The van der Waals surface area contributed by atoms with E-state index in [2.05, 4.69) is 9.97 Å². The minimum absolute atomic E-state index is 0.0454. The molecule has 0 spiro atoms. The second-order valence-electron chi connectivity index (χ2n) is 5.99. The van der Waals surface area contributed by atoms with Gasteiger partial charge in [0, 0.05) is 24.1 Å². The maximum Gasteiger partial charge on any atom is 0.232 e. The van der Waals surface area contributed by atoms with E-state index in [1.54, 1.807) is 12.3 Å². The molecule has 2 heterocycles. The summed E-state index contributed by atoms with van der Waals surface area (Å²) in [6.07, 6.45) is 10.4. The van der Waals surface area contributed by atoms with E-state index >= 15 is 0 Å². The van der Waals surface area contributed by atoms with Crippen molar-refractivity contribution in [3.8, 4) is 5.88 Å². The lowest BCUT2D eigenvalue weighted by Crippen LogP contribution is -2.45. The maximum atomic E-state index is 12.4. The minimum atomic E-state index is 0.0454. The van der Waals surface area contributed by atoms with Gasteiger partial charge in [0.15, 0.2) is 0 Å². The fourth-order valence-corrected chi connectivity index (χ4v) is 4.34. The summed E-state index contributed by atoms with van der Waals surface area (Å²) in [7, 11) is 0. The molecule has 0 bridgehead atoms. The molecule has 120 valence electrons. The zero-order chi connectivity index (χ0) is 15.2. The van der Waals surface area contributed by atoms with Gasteiger partial charge in [-0.05, 0) is 25.7 Å². The highest BCUT2D eigenvalue weighted by Gasteiger charge is 2.26. The molecule has 1 saturated carbocycles. The number of carbonyl (C=O) groups excluding carboxylic acids is 1. The Labute approximate surface area is 135 Å². The van der Waals surface area contributed by atoms with Crippen LogP contribution in [0.4, 0.5) is 0 Å². The topological polar surface area (TPSA) is 55.3 Å². The van der Waals surface area contributed by atoms with Gasteiger partial charge >= 0.3 is 0 Å². The third-order valence-corrected chi connectivity index (χ3v) is 5.67. The van der Waals surface area contributed by atoms with E-state index in [4.69, 9.17) is 4.74 Å². The van der Waals surface area contributed by atoms with Crippen LogP contribution in [-0.4, -0.2) is 51.0 Å². The summed E-state index contributed by atoms with van der Waals surface area (Å²) in [5, 5.41) is 0.696. The Hall–Kier alpha value is -1.30. The third-order valence-electron chi connectivity index (χ3n) is 4.32. The van der Waals surface area contributed by atoms with Crippen LogP contribution >= 0.6 is 11.8 Å². The third kappa shape index (κ3) is 4.35. The van der Waals surface area contributed by atoms with Crippen molar-refractivity contribution in [2.45, 2.75) is 49.9 Å². The van der Waals surface area contributed by atoms with E-state index in [1.807, 2.05) is 16.7 Å². The molecular weight excluding hydrogens is 298 g/mol. The number of rotatable bonds is 5. The van der Waals surface area contributed by atoms with Crippen LogP contribution in [0, 0.1) is 0 Å². The van der Waals surface area contributed by atoms with Crippen LogP contribution < -0.4 is 4.74 Å². The van der Waals surface area contributed by atoms with Gasteiger partial charge in [-0.1, -0.05) is 12.8 Å². The largest absolute Gasteiger partial charge is 0.472 e. The average Bonchev–Trinajstić information content (AvgIpc) is 3.07. The number of aromatic nitrogens is 2. The van der Waals surface area contributed by atoms with E-state index in [1.165, 1.54) is 32.0 Å². The minimum Gasteiger partial charge on any atom is -0.472 e. The molecule has 22 heavy (non-hydrogen) atoms. The van der Waals surface area contributed by atoms with Crippen molar-refractivity contribution in [1.29, 1.82) is 0 Å². The lowest BCUT2D eigenvalue weighted by atomic mass is 10.1. The van der Waals surface area contributed by atoms with Crippen molar-refractivity contribution in [3.63, 3.8) is 0 Å². The first kappa shape index (κ1) is 15.6. The molecule has 0 aromatic carbocycles. The van der Waals surface area contributed by atoms with Crippen LogP contribution in [0.3, 0.4) is 0 Å². The predicted octanol–water partition coefficient (Wildman–Crippen LogP) is 2.52. The summed E-state index contributed by atoms with van der Waals surface area (Å²) < 4.78 is 5.86. The Morgan fingerprint density at radius 1 is 1.32 bits per heavy atom. The second kappa shape index (κ2) is 7.81. The molecule has 1 aromatic heterocycles. The Balaban J connectivity index is 1.46. The SMILES string of the molecule is O=C(CSC1CCCC1)N1CCCC(Oc2ccncn2)C1. The highest BCUT2D eigenvalue weighted by Crippen LogP contribution is 2.29. The van der Waals surface area contributed by atoms with Crippen LogP contribution in [0.1, 0.15) is 38.5 Å². The number of amides is 1. The molecule has 5 nitrogen and oxygen atoms in total. The van der Waals surface area contributed by atoms with Crippen molar-refractivity contribution in [1.82, 2.24) is 14.9 Å². The Kier molecular flexibility index (Phi) is 5.53. The van der Waals surface area contributed by atoms with Crippen LogP contribution in [0.2, 0.25) is 0 Å². The van der Waals surface area contributed by atoms with Gasteiger partial charge in [-0.15, -0.1) is 11.8 Å². The second-order valence-corrected chi connectivity index (χ2v) is 7.28. The van der Waals surface area contributed by atoms with Gasteiger partial charge in [0.2, 0.25) is 11.8 Å². The van der Waals surface area contributed by atoms with Crippen molar-refractivity contribution in [3.05, 3.63) is 18.6 Å². The van der Waals surface area contributed by atoms with Gasteiger partial charge in [-0.3, -0.25) is 4.79 Å². The van der Waals surface area contributed by atoms with E-state index in [9.17, 15) is 4.79 Å². The molecule has 0 N–H and O–H groups in total. The monoisotopic (exact) mass is 321 g/mol. The fraction of sp³-hybridized carbons (Fsp3) is 0.688. The summed E-state index contributed by atoms with van der Waals surface area (Å²) in [5.41, 5.74) is 0. The summed E-state index contributed by atoms with van der Waals surface area (Å²) in [6.45, 7) is 1.53. The van der Waals surface area contributed by atoms with E-state index < -0.39 is 0 Å². The number of nitrogens with zero attached hydrogens (tertiary/aromatic N) is 3. The molecule has 1 aliphatic carbocycles. The number of piperidine rings is 1. The number of hydrogen-bond donors (Lipinski definition) is 0. The number of carbonyl (C=O) groups is 1. The van der Waals surface area contributed by atoms with E-state index in [0.717, 1.165) is 19.4 Å². The van der Waals surface area contributed by atoms with Crippen LogP contribution in [0.25, 0.3) is 0 Å². The first-order valence-corrected chi connectivity index (χ1v) is 9.18. The van der Waals surface area contributed by atoms with Gasteiger partial charge in [0.25, 0.3) is 0 Å². The van der Waals surface area contributed by atoms with Crippen molar-refractivity contribution in [2.75, 3.05) is 18.8 Å². The fourth-order valence-electron chi connectivity index (χ4n) is 3.12. The molecule has 1 atom stereocenters. The number of likely N-dealkylation sites (tertiary alicyclic amines) is 1. The zero-order valence-electron chi connectivity index (χ0n) is 12.8. The normalized spacial score (nSPS) is 22.7.